The highest BCUT2D eigenvalue weighted by Crippen LogP contribution is 2.28. The fourth-order valence-corrected chi connectivity index (χ4v) is 2.79. The standard InChI is InChI=1S/C13H20N4S/c1-3-10-7-11-12(15-6-4-5-9(2)14)16-8-17-13(11)18-10/h7-9H,3-6,14H2,1-2H3,(H,15,16,17). The molecule has 0 saturated heterocycles. The number of nitrogens with zero attached hydrogens (tertiary/aromatic N) is 2. The van der Waals surface area contributed by atoms with Crippen LogP contribution in [0.1, 0.15) is 31.6 Å². The third-order valence-corrected chi connectivity index (χ3v) is 4.04. The summed E-state index contributed by atoms with van der Waals surface area (Å²) in [7, 11) is 0. The Morgan fingerprint density at radius 1 is 1.44 bits per heavy atom. The average Bonchev–Trinajstić information content (AvgIpc) is 2.78. The average molecular weight is 264 g/mol. The summed E-state index contributed by atoms with van der Waals surface area (Å²) in [5, 5.41) is 4.52. The van der Waals surface area contributed by atoms with Crippen LogP contribution < -0.4 is 11.1 Å². The van der Waals surface area contributed by atoms with Crippen LogP contribution in [-0.4, -0.2) is 22.6 Å². The minimum atomic E-state index is 0.269. The number of thiophene rings is 1. The molecule has 3 N–H and O–H groups in total. The van der Waals surface area contributed by atoms with Crippen LogP contribution in [0.5, 0.6) is 0 Å². The molecule has 0 aromatic carbocycles. The first kappa shape index (κ1) is 13.2. The van der Waals surface area contributed by atoms with Crippen LogP contribution in [0.4, 0.5) is 5.82 Å². The van der Waals surface area contributed by atoms with Crippen molar-refractivity contribution in [1.29, 1.82) is 0 Å². The largest absolute Gasteiger partial charge is 0.369 e. The number of nitrogens with one attached hydrogen (secondary N) is 1. The van der Waals surface area contributed by atoms with Crippen LogP contribution in [0.15, 0.2) is 12.4 Å². The number of rotatable bonds is 6. The topological polar surface area (TPSA) is 63.8 Å². The van der Waals surface area contributed by atoms with E-state index < -0.39 is 0 Å². The zero-order valence-electron chi connectivity index (χ0n) is 10.9. The van der Waals surface area contributed by atoms with Gasteiger partial charge in [0.05, 0.1) is 5.39 Å². The van der Waals surface area contributed by atoms with Crippen molar-refractivity contribution < 1.29 is 0 Å². The first-order valence-electron chi connectivity index (χ1n) is 6.43. The molecule has 0 amide bonds. The fourth-order valence-electron chi connectivity index (χ4n) is 1.85. The van der Waals surface area contributed by atoms with Gasteiger partial charge in [-0.1, -0.05) is 6.92 Å². The van der Waals surface area contributed by atoms with E-state index in [1.807, 2.05) is 6.92 Å². The maximum absolute atomic E-state index is 5.73. The highest BCUT2D eigenvalue weighted by atomic mass is 32.1. The molecule has 0 fully saturated rings. The predicted molar refractivity (Wildman–Crippen MR) is 78.2 cm³/mol. The Hall–Kier alpha value is -1.20. The van der Waals surface area contributed by atoms with Gasteiger partial charge in [-0.3, -0.25) is 0 Å². The Bertz CT molecular complexity index is 507. The second kappa shape index (κ2) is 6.11. The van der Waals surface area contributed by atoms with Gasteiger partial charge in [-0.05, 0) is 32.3 Å². The molecule has 5 heteroatoms. The van der Waals surface area contributed by atoms with Crippen molar-refractivity contribution in [2.75, 3.05) is 11.9 Å². The van der Waals surface area contributed by atoms with Crippen LogP contribution >= 0.6 is 11.3 Å². The van der Waals surface area contributed by atoms with E-state index in [-0.39, 0.29) is 6.04 Å². The van der Waals surface area contributed by atoms with Crippen molar-refractivity contribution in [3.05, 3.63) is 17.3 Å². The van der Waals surface area contributed by atoms with Gasteiger partial charge in [0, 0.05) is 17.5 Å². The van der Waals surface area contributed by atoms with E-state index in [9.17, 15) is 0 Å². The second-order valence-electron chi connectivity index (χ2n) is 4.55. The van der Waals surface area contributed by atoms with Crippen molar-refractivity contribution in [1.82, 2.24) is 9.97 Å². The molecule has 2 aromatic rings. The number of anilines is 1. The summed E-state index contributed by atoms with van der Waals surface area (Å²) in [6, 6.07) is 2.46. The van der Waals surface area contributed by atoms with E-state index in [0.717, 1.165) is 41.8 Å². The Kier molecular flexibility index (Phi) is 4.49. The lowest BCUT2D eigenvalue weighted by Gasteiger charge is -2.07. The lowest BCUT2D eigenvalue weighted by Crippen LogP contribution is -2.16. The molecule has 0 radical (unpaired) electrons. The van der Waals surface area contributed by atoms with E-state index in [4.69, 9.17) is 5.73 Å². The third-order valence-electron chi connectivity index (χ3n) is 2.86. The number of aryl methyl sites for hydroxylation is 1. The summed E-state index contributed by atoms with van der Waals surface area (Å²) < 4.78 is 0. The lowest BCUT2D eigenvalue weighted by molar-refractivity contribution is 0.639. The van der Waals surface area contributed by atoms with Gasteiger partial charge >= 0.3 is 0 Å². The van der Waals surface area contributed by atoms with Gasteiger partial charge in [-0.15, -0.1) is 11.3 Å². The maximum Gasteiger partial charge on any atom is 0.138 e. The minimum absolute atomic E-state index is 0.269. The summed E-state index contributed by atoms with van der Waals surface area (Å²) >= 11 is 1.74. The number of fused-ring (bicyclic) bond motifs is 1. The van der Waals surface area contributed by atoms with E-state index in [0.29, 0.717) is 0 Å². The quantitative estimate of drug-likeness (QED) is 0.787. The number of hydrogen-bond donors (Lipinski definition) is 2. The summed E-state index contributed by atoms with van der Waals surface area (Å²) in [6.45, 7) is 5.11. The first-order chi connectivity index (χ1) is 8.70. The molecule has 2 rings (SSSR count). The normalized spacial score (nSPS) is 12.8. The zero-order valence-corrected chi connectivity index (χ0v) is 11.8. The van der Waals surface area contributed by atoms with Crippen molar-refractivity contribution in [2.24, 2.45) is 5.73 Å². The molecule has 0 aliphatic rings. The van der Waals surface area contributed by atoms with Crippen molar-refractivity contribution in [2.45, 2.75) is 39.2 Å². The third kappa shape index (κ3) is 3.17. The molecule has 0 spiro atoms. The van der Waals surface area contributed by atoms with Crippen LogP contribution in [0.3, 0.4) is 0 Å². The van der Waals surface area contributed by atoms with Crippen molar-refractivity contribution in [3.8, 4) is 0 Å². The number of hydrogen-bond acceptors (Lipinski definition) is 5. The van der Waals surface area contributed by atoms with Crippen LogP contribution in [0.2, 0.25) is 0 Å². The Balaban J connectivity index is 2.05. The van der Waals surface area contributed by atoms with E-state index in [1.165, 1.54) is 4.88 Å². The highest BCUT2D eigenvalue weighted by Gasteiger charge is 2.07. The molecule has 1 atom stereocenters. The van der Waals surface area contributed by atoms with Gasteiger partial charge in [0.25, 0.3) is 0 Å². The molecule has 2 aromatic heterocycles. The van der Waals surface area contributed by atoms with Crippen LogP contribution in [0, 0.1) is 0 Å². The predicted octanol–water partition coefficient (Wildman–Crippen LogP) is 2.79. The van der Waals surface area contributed by atoms with Gasteiger partial charge in [0.15, 0.2) is 0 Å². The zero-order chi connectivity index (χ0) is 13.0. The molecule has 1 unspecified atom stereocenters. The van der Waals surface area contributed by atoms with E-state index in [1.54, 1.807) is 17.7 Å². The number of nitrogens with two attached hydrogens (primary N) is 1. The lowest BCUT2D eigenvalue weighted by atomic mass is 10.2. The molecule has 98 valence electrons. The molecule has 2 heterocycles. The molecular formula is C13H20N4S. The van der Waals surface area contributed by atoms with Gasteiger partial charge in [-0.2, -0.15) is 0 Å². The second-order valence-corrected chi connectivity index (χ2v) is 5.67. The van der Waals surface area contributed by atoms with E-state index >= 15 is 0 Å². The van der Waals surface area contributed by atoms with Gasteiger partial charge in [0.1, 0.15) is 17.0 Å². The highest BCUT2D eigenvalue weighted by molar-refractivity contribution is 7.18. The molecule has 4 nitrogen and oxygen atoms in total. The van der Waals surface area contributed by atoms with Crippen LogP contribution in [0.25, 0.3) is 10.2 Å². The monoisotopic (exact) mass is 264 g/mol. The minimum Gasteiger partial charge on any atom is -0.369 e. The maximum atomic E-state index is 5.73. The van der Waals surface area contributed by atoms with Gasteiger partial charge in [-0.25, -0.2) is 9.97 Å². The fraction of sp³-hybridized carbons (Fsp3) is 0.538. The molecule has 0 saturated carbocycles. The van der Waals surface area contributed by atoms with Gasteiger partial charge in [0.2, 0.25) is 0 Å². The molecule has 0 bridgehead atoms. The van der Waals surface area contributed by atoms with Crippen molar-refractivity contribution >= 4 is 27.4 Å². The Morgan fingerprint density at radius 2 is 2.28 bits per heavy atom. The van der Waals surface area contributed by atoms with Crippen molar-refractivity contribution in [3.63, 3.8) is 0 Å². The summed E-state index contributed by atoms with van der Waals surface area (Å²) in [6.07, 6.45) is 4.77. The summed E-state index contributed by atoms with van der Waals surface area (Å²) in [5.41, 5.74) is 5.73. The smallest absolute Gasteiger partial charge is 0.138 e. The molecule has 0 aliphatic carbocycles. The molecule has 18 heavy (non-hydrogen) atoms. The SMILES string of the molecule is CCc1cc2c(NCCCC(C)N)ncnc2s1. The summed E-state index contributed by atoms with van der Waals surface area (Å²) in [4.78, 5) is 11.1. The summed E-state index contributed by atoms with van der Waals surface area (Å²) in [5.74, 6) is 0.945. The number of aromatic nitrogens is 2. The van der Waals surface area contributed by atoms with Gasteiger partial charge < -0.3 is 11.1 Å². The van der Waals surface area contributed by atoms with Crippen LogP contribution in [-0.2, 0) is 6.42 Å². The molecular weight excluding hydrogens is 244 g/mol. The Labute approximate surface area is 112 Å². The Morgan fingerprint density at radius 3 is 3.00 bits per heavy atom. The molecule has 0 aliphatic heterocycles. The first-order valence-corrected chi connectivity index (χ1v) is 7.25. The van der Waals surface area contributed by atoms with E-state index in [2.05, 4.69) is 28.3 Å².